The molecule has 0 aliphatic rings. The maximum absolute atomic E-state index is 11.4. The number of halogens is 4. The highest BCUT2D eigenvalue weighted by Gasteiger charge is 2.10. The Labute approximate surface area is 169 Å². The lowest BCUT2D eigenvalue weighted by atomic mass is 10.2. The van der Waals surface area contributed by atoms with E-state index in [4.69, 9.17) is 44.3 Å². The molecule has 0 unspecified atom stereocenters. The van der Waals surface area contributed by atoms with Gasteiger partial charge >= 0.3 is 5.97 Å². The zero-order valence-electron chi connectivity index (χ0n) is 13.2. The zero-order chi connectivity index (χ0) is 18.4. The lowest BCUT2D eigenvalue weighted by molar-refractivity contribution is -0.137. The molecule has 7 heteroatoms. The van der Waals surface area contributed by atoms with Crippen LogP contribution in [0.15, 0.2) is 40.9 Å². The van der Waals surface area contributed by atoms with Gasteiger partial charge in [0.2, 0.25) is 0 Å². The molecule has 2 rings (SSSR count). The minimum atomic E-state index is -0.410. The second-order valence-electron chi connectivity index (χ2n) is 4.92. The van der Waals surface area contributed by atoms with Crippen molar-refractivity contribution >= 4 is 62.8 Å². The first-order valence-corrected chi connectivity index (χ1v) is 9.24. The minimum absolute atomic E-state index is 0.242. The van der Waals surface area contributed by atoms with Gasteiger partial charge in [-0.05, 0) is 58.8 Å². The number of hydrogen-bond donors (Lipinski definition) is 0. The Morgan fingerprint density at radius 3 is 2.56 bits per heavy atom. The van der Waals surface area contributed by atoms with Crippen LogP contribution in [0, 0.1) is 0 Å². The molecule has 0 amide bonds. The molecule has 25 heavy (non-hydrogen) atoms. The van der Waals surface area contributed by atoms with Crippen LogP contribution >= 0.6 is 50.7 Å². The van der Waals surface area contributed by atoms with Gasteiger partial charge < -0.3 is 9.47 Å². The van der Waals surface area contributed by atoms with Crippen molar-refractivity contribution in [3.05, 3.63) is 67.1 Å². The van der Waals surface area contributed by atoms with E-state index in [2.05, 4.69) is 15.9 Å². The van der Waals surface area contributed by atoms with Crippen molar-refractivity contribution in [3.8, 4) is 5.75 Å². The van der Waals surface area contributed by atoms with Crippen LogP contribution in [0.25, 0.3) is 6.08 Å². The van der Waals surface area contributed by atoms with E-state index in [-0.39, 0.29) is 6.61 Å². The van der Waals surface area contributed by atoms with E-state index < -0.39 is 5.97 Å². The van der Waals surface area contributed by atoms with Crippen LogP contribution in [-0.4, -0.2) is 12.6 Å². The third kappa shape index (κ3) is 5.93. The van der Waals surface area contributed by atoms with E-state index in [0.29, 0.717) is 31.9 Å². The van der Waals surface area contributed by atoms with Gasteiger partial charge in [0.05, 0.1) is 16.1 Å². The minimum Gasteiger partial charge on any atom is -0.486 e. The van der Waals surface area contributed by atoms with E-state index in [0.717, 1.165) is 11.1 Å². The lowest BCUT2D eigenvalue weighted by Crippen LogP contribution is -1.99. The van der Waals surface area contributed by atoms with Crippen LogP contribution in [0.2, 0.25) is 15.1 Å². The molecule has 2 aromatic rings. The predicted molar refractivity (Wildman–Crippen MR) is 106 cm³/mol. The van der Waals surface area contributed by atoms with E-state index in [1.54, 1.807) is 43.3 Å². The molecule has 0 heterocycles. The average molecular weight is 465 g/mol. The Kier molecular flexibility index (Phi) is 7.63. The number of ether oxygens (including phenoxy) is 2. The summed E-state index contributed by atoms with van der Waals surface area (Å²) < 4.78 is 11.3. The highest BCUT2D eigenvalue weighted by Crippen LogP contribution is 2.36. The number of hydrogen-bond acceptors (Lipinski definition) is 3. The summed E-state index contributed by atoms with van der Waals surface area (Å²) in [5.41, 5.74) is 1.53. The van der Waals surface area contributed by atoms with Crippen LogP contribution in [0.5, 0.6) is 5.75 Å². The zero-order valence-corrected chi connectivity index (χ0v) is 17.0. The molecule has 0 saturated carbocycles. The third-order valence-corrected chi connectivity index (χ3v) is 4.56. The number of carbonyl (C=O) groups is 1. The highest BCUT2D eigenvalue weighted by molar-refractivity contribution is 9.10. The Bertz CT molecular complexity index is 783. The average Bonchev–Trinajstić information content (AvgIpc) is 2.54. The summed E-state index contributed by atoms with van der Waals surface area (Å²) in [5, 5.41) is 1.49. The molecule has 0 saturated heterocycles. The molecule has 0 fully saturated rings. The highest BCUT2D eigenvalue weighted by atomic mass is 79.9. The number of carbonyl (C=O) groups excluding carboxylic acids is 1. The fourth-order valence-electron chi connectivity index (χ4n) is 1.96. The Morgan fingerprint density at radius 1 is 1.16 bits per heavy atom. The summed E-state index contributed by atoms with van der Waals surface area (Å²) in [4.78, 5) is 11.4. The van der Waals surface area contributed by atoms with E-state index in [9.17, 15) is 4.79 Å². The summed E-state index contributed by atoms with van der Waals surface area (Å²) in [6, 6.07) is 8.68. The van der Waals surface area contributed by atoms with Gasteiger partial charge in [-0.2, -0.15) is 0 Å². The van der Waals surface area contributed by atoms with Gasteiger partial charge in [-0.3, -0.25) is 0 Å². The molecule has 3 nitrogen and oxygen atoms in total. The van der Waals surface area contributed by atoms with Crippen molar-refractivity contribution in [1.29, 1.82) is 0 Å². The van der Waals surface area contributed by atoms with Gasteiger partial charge in [0.25, 0.3) is 0 Å². The number of rotatable bonds is 6. The van der Waals surface area contributed by atoms with Crippen LogP contribution in [0.3, 0.4) is 0 Å². The summed E-state index contributed by atoms with van der Waals surface area (Å²) in [5.74, 6) is 0.0772. The lowest BCUT2D eigenvalue weighted by Gasteiger charge is -2.12. The molecular formula is C18H14BrCl3O3. The van der Waals surface area contributed by atoms with Crippen LogP contribution in [0.4, 0.5) is 0 Å². The summed E-state index contributed by atoms with van der Waals surface area (Å²) in [7, 11) is 0. The smallest absolute Gasteiger partial charge is 0.330 e. The first kappa shape index (κ1) is 20.1. The predicted octanol–water partition coefficient (Wildman–Crippen LogP) is 6.56. The molecule has 2 aromatic carbocycles. The molecule has 0 radical (unpaired) electrons. The van der Waals surface area contributed by atoms with Crippen molar-refractivity contribution in [2.45, 2.75) is 13.5 Å². The van der Waals surface area contributed by atoms with Gasteiger partial charge in [0.15, 0.2) is 5.75 Å². The number of benzene rings is 2. The molecule has 0 aliphatic carbocycles. The largest absolute Gasteiger partial charge is 0.486 e. The van der Waals surface area contributed by atoms with Gasteiger partial charge in [0, 0.05) is 21.7 Å². The van der Waals surface area contributed by atoms with Gasteiger partial charge in [-0.15, -0.1) is 0 Å². The number of esters is 1. The van der Waals surface area contributed by atoms with Gasteiger partial charge in [-0.25, -0.2) is 4.79 Å². The van der Waals surface area contributed by atoms with Crippen molar-refractivity contribution in [2.75, 3.05) is 6.61 Å². The standard InChI is InChI=1S/C18H14BrCl3O3/c1-2-24-17(23)6-3-11-7-14(19)18(16(22)8-11)25-10-12-4-5-13(20)9-15(12)21/h3-9H,2,10H2,1H3/b6-3+. The van der Waals surface area contributed by atoms with Crippen molar-refractivity contribution in [1.82, 2.24) is 0 Å². The first-order chi connectivity index (χ1) is 11.9. The fourth-order valence-corrected chi connectivity index (χ4v) is 3.41. The van der Waals surface area contributed by atoms with Crippen LogP contribution < -0.4 is 4.74 Å². The summed E-state index contributed by atoms with van der Waals surface area (Å²) in [6.07, 6.45) is 2.96. The molecule has 0 aromatic heterocycles. The van der Waals surface area contributed by atoms with E-state index in [1.165, 1.54) is 6.08 Å². The molecule has 132 valence electrons. The molecule has 0 aliphatic heterocycles. The van der Waals surface area contributed by atoms with E-state index >= 15 is 0 Å². The normalized spacial score (nSPS) is 10.9. The fraction of sp³-hybridized carbons (Fsp3) is 0.167. The van der Waals surface area contributed by atoms with Crippen molar-refractivity contribution in [2.24, 2.45) is 0 Å². The van der Waals surface area contributed by atoms with Crippen LogP contribution in [0.1, 0.15) is 18.1 Å². The van der Waals surface area contributed by atoms with Crippen molar-refractivity contribution < 1.29 is 14.3 Å². The Hall–Kier alpha value is -1.20. The molecule has 0 N–H and O–H groups in total. The molecule has 0 bridgehead atoms. The maximum atomic E-state index is 11.4. The topological polar surface area (TPSA) is 35.5 Å². The van der Waals surface area contributed by atoms with Crippen molar-refractivity contribution in [3.63, 3.8) is 0 Å². The third-order valence-electron chi connectivity index (χ3n) is 3.11. The molecule has 0 atom stereocenters. The second kappa shape index (κ2) is 9.48. The molecule has 0 spiro atoms. The maximum Gasteiger partial charge on any atom is 0.330 e. The second-order valence-corrected chi connectivity index (χ2v) is 7.03. The Morgan fingerprint density at radius 2 is 1.92 bits per heavy atom. The quantitative estimate of drug-likeness (QED) is 0.359. The van der Waals surface area contributed by atoms with E-state index in [1.807, 2.05) is 0 Å². The Balaban J connectivity index is 2.13. The SMILES string of the molecule is CCOC(=O)/C=C/c1cc(Cl)c(OCc2ccc(Cl)cc2Cl)c(Br)c1. The first-order valence-electron chi connectivity index (χ1n) is 7.31. The van der Waals surface area contributed by atoms with Gasteiger partial charge in [-0.1, -0.05) is 40.9 Å². The molecular weight excluding hydrogens is 450 g/mol. The monoisotopic (exact) mass is 462 g/mol. The summed E-state index contributed by atoms with van der Waals surface area (Å²) >= 11 is 21.7. The summed E-state index contributed by atoms with van der Waals surface area (Å²) in [6.45, 7) is 2.32. The van der Waals surface area contributed by atoms with Crippen LogP contribution in [-0.2, 0) is 16.1 Å². The van der Waals surface area contributed by atoms with Gasteiger partial charge in [0.1, 0.15) is 6.61 Å².